The topological polar surface area (TPSA) is 74.0 Å². The molecule has 1 fully saturated rings. The summed E-state index contributed by atoms with van der Waals surface area (Å²) in [4.78, 5) is 28.4. The number of halogens is 1. The summed E-state index contributed by atoms with van der Waals surface area (Å²) in [5.41, 5.74) is 2.24. The van der Waals surface area contributed by atoms with Gasteiger partial charge in [0.1, 0.15) is 11.2 Å². The highest BCUT2D eigenvalue weighted by molar-refractivity contribution is 6.07. The smallest absolute Gasteiger partial charge is 0.235 e. The van der Waals surface area contributed by atoms with Crippen LogP contribution in [-0.4, -0.2) is 29.9 Å². The Labute approximate surface area is 168 Å². The van der Waals surface area contributed by atoms with Crippen LogP contribution in [0.4, 0.5) is 4.39 Å². The molecule has 1 aliphatic rings. The summed E-state index contributed by atoms with van der Waals surface area (Å²) in [5, 5.41) is 6.94. The molecule has 0 aliphatic heterocycles. The average Bonchev–Trinajstić information content (AvgIpc) is 3.45. The predicted molar refractivity (Wildman–Crippen MR) is 110 cm³/mol. The molecule has 3 N–H and O–H groups in total. The average molecular weight is 393 g/mol. The van der Waals surface area contributed by atoms with E-state index >= 15 is 0 Å². The van der Waals surface area contributed by atoms with Crippen LogP contribution in [-0.2, 0) is 22.4 Å². The molecule has 1 aliphatic carbocycles. The Morgan fingerprint density at radius 3 is 2.28 bits per heavy atom. The normalized spacial score (nSPS) is 14.5. The van der Waals surface area contributed by atoms with Crippen molar-refractivity contribution in [2.24, 2.45) is 5.41 Å². The lowest BCUT2D eigenvalue weighted by Gasteiger charge is -2.15. The van der Waals surface area contributed by atoms with Crippen molar-refractivity contribution in [3.05, 3.63) is 71.7 Å². The summed E-state index contributed by atoms with van der Waals surface area (Å²) in [6.07, 6.45) is 4.43. The fourth-order valence-corrected chi connectivity index (χ4v) is 3.64. The molecule has 0 saturated heterocycles. The van der Waals surface area contributed by atoms with E-state index in [1.54, 1.807) is 12.1 Å². The van der Waals surface area contributed by atoms with Gasteiger partial charge in [0.05, 0.1) is 0 Å². The molecule has 6 heteroatoms. The summed E-state index contributed by atoms with van der Waals surface area (Å²) in [7, 11) is 0. The third-order valence-electron chi connectivity index (χ3n) is 5.59. The van der Waals surface area contributed by atoms with Gasteiger partial charge in [-0.3, -0.25) is 9.59 Å². The number of aromatic nitrogens is 1. The maximum absolute atomic E-state index is 12.9. The maximum Gasteiger partial charge on any atom is 0.235 e. The van der Waals surface area contributed by atoms with E-state index in [9.17, 15) is 14.0 Å². The van der Waals surface area contributed by atoms with E-state index in [0.717, 1.165) is 22.0 Å². The Morgan fingerprint density at radius 1 is 0.931 bits per heavy atom. The molecule has 2 amide bonds. The number of carbonyl (C=O) groups excluding carboxylic acids is 2. The van der Waals surface area contributed by atoms with E-state index < -0.39 is 5.41 Å². The third kappa shape index (κ3) is 4.16. The Morgan fingerprint density at radius 2 is 1.59 bits per heavy atom. The van der Waals surface area contributed by atoms with E-state index in [1.807, 2.05) is 24.4 Å². The van der Waals surface area contributed by atoms with Crippen LogP contribution in [0.3, 0.4) is 0 Å². The van der Waals surface area contributed by atoms with Gasteiger partial charge in [-0.05, 0) is 55.0 Å². The molecule has 0 radical (unpaired) electrons. The van der Waals surface area contributed by atoms with Crippen LogP contribution < -0.4 is 10.6 Å². The Balaban J connectivity index is 1.25. The minimum atomic E-state index is -0.928. The zero-order chi connectivity index (χ0) is 20.3. The second-order valence-electron chi connectivity index (χ2n) is 7.58. The standard InChI is InChI=1S/C23H24FN3O2/c24-18-7-5-16(6-8-18)9-13-25-21(28)23(11-12-23)22(29)26-14-10-17-15-27-20-4-2-1-3-19(17)20/h1-8,15,27H,9-14H2,(H,25,28)(H,26,29). The first-order chi connectivity index (χ1) is 14.1. The number of hydrogen-bond donors (Lipinski definition) is 3. The first kappa shape index (κ1) is 19.2. The van der Waals surface area contributed by atoms with Gasteiger partial charge in [-0.2, -0.15) is 0 Å². The molecule has 1 heterocycles. The Kier molecular flexibility index (Phi) is 5.34. The van der Waals surface area contributed by atoms with Gasteiger partial charge in [0.2, 0.25) is 11.8 Å². The number of rotatable bonds is 8. The second kappa shape index (κ2) is 8.07. The van der Waals surface area contributed by atoms with E-state index in [1.165, 1.54) is 12.1 Å². The highest BCUT2D eigenvalue weighted by atomic mass is 19.1. The lowest BCUT2D eigenvalue weighted by molar-refractivity contribution is -0.137. The predicted octanol–water partition coefficient (Wildman–Crippen LogP) is 3.10. The fraction of sp³-hybridized carbons (Fsp3) is 0.304. The van der Waals surface area contributed by atoms with Crippen LogP contribution in [0.25, 0.3) is 10.9 Å². The molecule has 1 saturated carbocycles. The van der Waals surface area contributed by atoms with Gasteiger partial charge in [0.15, 0.2) is 0 Å². The summed E-state index contributed by atoms with van der Waals surface area (Å²) in [6, 6.07) is 14.3. The molecule has 5 nitrogen and oxygen atoms in total. The first-order valence-corrected chi connectivity index (χ1v) is 9.94. The van der Waals surface area contributed by atoms with Gasteiger partial charge < -0.3 is 15.6 Å². The Bertz CT molecular complexity index is 1020. The van der Waals surface area contributed by atoms with Crippen molar-refractivity contribution in [3.63, 3.8) is 0 Å². The molecule has 4 rings (SSSR count). The van der Waals surface area contributed by atoms with Crippen LogP contribution in [0.5, 0.6) is 0 Å². The molecule has 0 atom stereocenters. The molecule has 29 heavy (non-hydrogen) atoms. The summed E-state index contributed by atoms with van der Waals surface area (Å²) >= 11 is 0. The zero-order valence-electron chi connectivity index (χ0n) is 16.1. The van der Waals surface area contributed by atoms with Crippen molar-refractivity contribution in [1.82, 2.24) is 15.6 Å². The third-order valence-corrected chi connectivity index (χ3v) is 5.59. The molecule has 2 aromatic carbocycles. The first-order valence-electron chi connectivity index (χ1n) is 9.94. The molecule has 150 valence electrons. The molecular formula is C23H24FN3O2. The Hall–Kier alpha value is -3.15. The largest absolute Gasteiger partial charge is 0.361 e. The fourth-order valence-electron chi connectivity index (χ4n) is 3.64. The number of para-hydroxylation sites is 1. The molecule has 0 unspecified atom stereocenters. The van der Waals surface area contributed by atoms with Crippen molar-refractivity contribution < 1.29 is 14.0 Å². The molecule has 1 aromatic heterocycles. The number of aromatic amines is 1. The van der Waals surface area contributed by atoms with Gasteiger partial charge in [-0.1, -0.05) is 30.3 Å². The maximum atomic E-state index is 12.9. The summed E-state index contributed by atoms with van der Waals surface area (Å²) < 4.78 is 12.9. The molecular weight excluding hydrogens is 369 g/mol. The number of carbonyl (C=O) groups is 2. The number of fused-ring (bicyclic) bond motifs is 1. The van der Waals surface area contributed by atoms with Crippen molar-refractivity contribution in [3.8, 4) is 0 Å². The van der Waals surface area contributed by atoms with Crippen molar-refractivity contribution >= 4 is 22.7 Å². The van der Waals surface area contributed by atoms with Gasteiger partial charge in [0, 0.05) is 30.2 Å². The lowest BCUT2D eigenvalue weighted by atomic mass is 10.0. The monoisotopic (exact) mass is 393 g/mol. The number of amides is 2. The van der Waals surface area contributed by atoms with Gasteiger partial charge in [0.25, 0.3) is 0 Å². The lowest BCUT2D eigenvalue weighted by Crippen LogP contribution is -2.44. The van der Waals surface area contributed by atoms with Crippen LogP contribution in [0.1, 0.15) is 24.0 Å². The van der Waals surface area contributed by atoms with E-state index in [0.29, 0.717) is 38.8 Å². The van der Waals surface area contributed by atoms with Crippen molar-refractivity contribution in [1.29, 1.82) is 0 Å². The molecule has 0 spiro atoms. The van der Waals surface area contributed by atoms with Gasteiger partial charge in [-0.15, -0.1) is 0 Å². The van der Waals surface area contributed by atoms with E-state index in [-0.39, 0.29) is 17.6 Å². The SMILES string of the molecule is O=C(NCCc1ccc(F)cc1)C1(C(=O)NCCc2c[nH]c3ccccc23)CC1. The second-order valence-corrected chi connectivity index (χ2v) is 7.58. The minimum Gasteiger partial charge on any atom is -0.361 e. The quantitative estimate of drug-likeness (QED) is 0.515. The van der Waals surface area contributed by atoms with Crippen LogP contribution in [0.15, 0.2) is 54.7 Å². The van der Waals surface area contributed by atoms with E-state index in [2.05, 4.69) is 21.7 Å². The number of benzene rings is 2. The van der Waals surface area contributed by atoms with Crippen LogP contribution >= 0.6 is 0 Å². The number of nitrogens with one attached hydrogen (secondary N) is 3. The van der Waals surface area contributed by atoms with E-state index in [4.69, 9.17) is 0 Å². The summed E-state index contributed by atoms with van der Waals surface area (Å²) in [5.74, 6) is -0.695. The number of hydrogen-bond acceptors (Lipinski definition) is 2. The van der Waals surface area contributed by atoms with Crippen LogP contribution in [0, 0.1) is 11.2 Å². The zero-order valence-corrected chi connectivity index (χ0v) is 16.1. The van der Waals surface area contributed by atoms with Crippen molar-refractivity contribution in [2.45, 2.75) is 25.7 Å². The molecule has 0 bridgehead atoms. The molecule has 3 aromatic rings. The highest BCUT2D eigenvalue weighted by Gasteiger charge is 2.56. The summed E-state index contributed by atoms with van der Waals surface area (Å²) in [6.45, 7) is 0.917. The van der Waals surface area contributed by atoms with Crippen LogP contribution in [0.2, 0.25) is 0 Å². The number of H-pyrrole nitrogens is 1. The van der Waals surface area contributed by atoms with Crippen molar-refractivity contribution in [2.75, 3.05) is 13.1 Å². The van der Waals surface area contributed by atoms with Gasteiger partial charge in [-0.25, -0.2) is 4.39 Å². The van der Waals surface area contributed by atoms with Gasteiger partial charge >= 0.3 is 0 Å². The minimum absolute atomic E-state index is 0.198. The highest BCUT2D eigenvalue weighted by Crippen LogP contribution is 2.46.